The molecular formula is C12H13F. The van der Waals surface area contributed by atoms with Crippen LogP contribution in [0.15, 0.2) is 12.1 Å². The van der Waals surface area contributed by atoms with E-state index >= 15 is 0 Å². The molecule has 1 saturated carbocycles. The minimum absolute atomic E-state index is 0.106. The topological polar surface area (TPSA) is 0 Å². The predicted octanol–water partition coefficient (Wildman–Crippen LogP) is 3.47. The highest BCUT2D eigenvalue weighted by atomic mass is 19.1. The lowest BCUT2D eigenvalue weighted by Crippen LogP contribution is -2.06. The highest BCUT2D eigenvalue weighted by Crippen LogP contribution is 2.33. The molecule has 0 spiro atoms. The van der Waals surface area contributed by atoms with Crippen LogP contribution in [0.3, 0.4) is 0 Å². The van der Waals surface area contributed by atoms with Gasteiger partial charge in [0, 0.05) is 0 Å². The van der Waals surface area contributed by atoms with Crippen LogP contribution >= 0.6 is 0 Å². The molecule has 1 aromatic rings. The highest BCUT2D eigenvalue weighted by molar-refractivity contribution is 5.19. The first-order valence-electron chi connectivity index (χ1n) is 4.95. The number of halogens is 1. The van der Waals surface area contributed by atoms with Gasteiger partial charge in [0.25, 0.3) is 0 Å². The molecule has 0 N–H and O–H groups in total. The van der Waals surface area contributed by atoms with Crippen LogP contribution in [-0.4, -0.2) is 0 Å². The molecule has 0 aromatic heterocycles. The molecule has 1 fully saturated rings. The van der Waals surface area contributed by atoms with Gasteiger partial charge in [-0.1, -0.05) is 25.3 Å². The molecule has 0 bridgehead atoms. The summed E-state index contributed by atoms with van der Waals surface area (Å²) in [5, 5.41) is 0. The second-order valence-electron chi connectivity index (χ2n) is 3.70. The van der Waals surface area contributed by atoms with Crippen molar-refractivity contribution < 1.29 is 4.39 Å². The Bertz CT molecular complexity index is 274. The second-order valence-corrected chi connectivity index (χ2v) is 3.70. The van der Waals surface area contributed by atoms with E-state index in [1.165, 1.54) is 25.3 Å². The normalized spacial score (nSPS) is 18.8. The lowest BCUT2D eigenvalue weighted by molar-refractivity contribution is 0.429. The first kappa shape index (κ1) is 8.74. The van der Waals surface area contributed by atoms with Gasteiger partial charge in [-0.2, -0.15) is 0 Å². The molecule has 2 rings (SSSR count). The molecule has 1 aromatic carbocycles. The van der Waals surface area contributed by atoms with Crippen LogP contribution in [0.4, 0.5) is 4.39 Å². The van der Waals surface area contributed by atoms with Crippen molar-refractivity contribution in [3.63, 3.8) is 0 Å². The van der Waals surface area contributed by atoms with Gasteiger partial charge in [-0.3, -0.25) is 0 Å². The second kappa shape index (κ2) is 3.91. The summed E-state index contributed by atoms with van der Waals surface area (Å²) >= 11 is 0. The SMILES string of the molecule is Fc1cc[c][c]c1C1CCCCC1. The molecular weight excluding hydrogens is 163 g/mol. The van der Waals surface area contributed by atoms with Gasteiger partial charge in [0.1, 0.15) is 5.82 Å². The van der Waals surface area contributed by atoms with Gasteiger partial charge in [0.05, 0.1) is 0 Å². The molecule has 68 valence electrons. The smallest absolute Gasteiger partial charge is 0.127 e. The zero-order chi connectivity index (χ0) is 9.10. The minimum Gasteiger partial charge on any atom is -0.207 e. The van der Waals surface area contributed by atoms with Gasteiger partial charge in [0.2, 0.25) is 0 Å². The highest BCUT2D eigenvalue weighted by Gasteiger charge is 2.18. The predicted molar refractivity (Wildman–Crippen MR) is 49.9 cm³/mol. The third-order valence-corrected chi connectivity index (χ3v) is 2.79. The van der Waals surface area contributed by atoms with Gasteiger partial charge in [-0.25, -0.2) is 4.39 Å². The van der Waals surface area contributed by atoms with Crippen molar-refractivity contribution in [3.05, 3.63) is 35.6 Å². The van der Waals surface area contributed by atoms with E-state index < -0.39 is 0 Å². The Balaban J connectivity index is 2.18. The summed E-state index contributed by atoms with van der Waals surface area (Å²) in [4.78, 5) is 0. The molecule has 0 amide bonds. The van der Waals surface area contributed by atoms with Crippen LogP contribution in [0.2, 0.25) is 0 Å². The fourth-order valence-corrected chi connectivity index (χ4v) is 2.07. The minimum atomic E-state index is -0.106. The summed E-state index contributed by atoms with van der Waals surface area (Å²) < 4.78 is 13.3. The Hall–Kier alpha value is -0.850. The molecule has 0 unspecified atom stereocenters. The summed E-state index contributed by atoms with van der Waals surface area (Å²) in [6.07, 6.45) is 5.99. The van der Waals surface area contributed by atoms with Crippen molar-refractivity contribution in [1.82, 2.24) is 0 Å². The van der Waals surface area contributed by atoms with Crippen molar-refractivity contribution in [3.8, 4) is 0 Å². The maximum Gasteiger partial charge on any atom is 0.127 e. The molecule has 0 aliphatic heterocycles. The standard InChI is InChI=1S/C12H13F/c13-12-9-5-4-8-11(12)10-6-2-1-3-7-10/h5,9-10H,1-3,6-7H2. The van der Waals surface area contributed by atoms with Crippen LogP contribution in [-0.2, 0) is 0 Å². The van der Waals surface area contributed by atoms with Crippen molar-refractivity contribution >= 4 is 0 Å². The van der Waals surface area contributed by atoms with Gasteiger partial charge in [-0.15, -0.1) is 0 Å². The number of hydrogen-bond donors (Lipinski definition) is 0. The third-order valence-electron chi connectivity index (χ3n) is 2.79. The summed E-state index contributed by atoms with van der Waals surface area (Å²) in [6, 6.07) is 8.81. The molecule has 0 nitrogen and oxygen atoms in total. The zero-order valence-electron chi connectivity index (χ0n) is 7.65. The molecule has 1 aliphatic carbocycles. The van der Waals surface area contributed by atoms with Crippen LogP contribution in [0.25, 0.3) is 0 Å². The van der Waals surface area contributed by atoms with Gasteiger partial charge in [-0.05, 0) is 42.5 Å². The Kier molecular flexibility index (Phi) is 2.62. The number of hydrogen-bond acceptors (Lipinski definition) is 0. The van der Waals surface area contributed by atoms with E-state index in [4.69, 9.17) is 0 Å². The lowest BCUT2D eigenvalue weighted by atomic mass is 9.84. The van der Waals surface area contributed by atoms with Crippen LogP contribution < -0.4 is 0 Å². The first-order valence-corrected chi connectivity index (χ1v) is 4.95. The van der Waals surface area contributed by atoms with Crippen molar-refractivity contribution in [2.75, 3.05) is 0 Å². The van der Waals surface area contributed by atoms with Crippen molar-refractivity contribution in [2.24, 2.45) is 0 Å². The Morgan fingerprint density at radius 1 is 1.23 bits per heavy atom. The average molecular weight is 176 g/mol. The third kappa shape index (κ3) is 1.90. The maximum absolute atomic E-state index is 13.3. The van der Waals surface area contributed by atoms with E-state index in [1.807, 2.05) is 0 Å². The van der Waals surface area contributed by atoms with E-state index in [0.29, 0.717) is 5.92 Å². The van der Waals surface area contributed by atoms with Crippen molar-refractivity contribution in [1.29, 1.82) is 0 Å². The molecule has 13 heavy (non-hydrogen) atoms. The fraction of sp³-hybridized carbons (Fsp3) is 0.500. The Labute approximate surface area is 78.8 Å². The van der Waals surface area contributed by atoms with Crippen LogP contribution in [0.1, 0.15) is 43.6 Å². The van der Waals surface area contributed by atoms with E-state index in [9.17, 15) is 4.39 Å². The molecule has 2 radical (unpaired) electrons. The quantitative estimate of drug-likeness (QED) is 0.614. The van der Waals surface area contributed by atoms with Crippen LogP contribution in [0.5, 0.6) is 0 Å². The summed E-state index contributed by atoms with van der Waals surface area (Å²) in [7, 11) is 0. The first-order chi connectivity index (χ1) is 6.38. The van der Waals surface area contributed by atoms with E-state index in [-0.39, 0.29) is 5.82 Å². The Morgan fingerprint density at radius 3 is 2.69 bits per heavy atom. The maximum atomic E-state index is 13.3. The van der Waals surface area contributed by atoms with Gasteiger partial charge >= 0.3 is 0 Å². The summed E-state index contributed by atoms with van der Waals surface area (Å²) in [6.45, 7) is 0. The molecule has 0 saturated heterocycles. The van der Waals surface area contributed by atoms with E-state index in [2.05, 4.69) is 12.1 Å². The molecule has 0 heterocycles. The largest absolute Gasteiger partial charge is 0.207 e. The number of benzene rings is 1. The van der Waals surface area contributed by atoms with Crippen LogP contribution in [0, 0.1) is 17.9 Å². The monoisotopic (exact) mass is 176 g/mol. The zero-order valence-corrected chi connectivity index (χ0v) is 7.65. The number of rotatable bonds is 1. The molecule has 1 heteroatoms. The molecule has 1 aliphatic rings. The Morgan fingerprint density at radius 2 is 2.00 bits per heavy atom. The van der Waals surface area contributed by atoms with Gasteiger partial charge < -0.3 is 0 Å². The summed E-state index contributed by atoms with van der Waals surface area (Å²) in [5.74, 6) is 0.289. The molecule has 0 atom stereocenters. The van der Waals surface area contributed by atoms with Crippen molar-refractivity contribution in [2.45, 2.75) is 38.0 Å². The lowest BCUT2D eigenvalue weighted by Gasteiger charge is -2.21. The summed E-state index contributed by atoms with van der Waals surface area (Å²) in [5.41, 5.74) is 0.752. The van der Waals surface area contributed by atoms with E-state index in [0.717, 1.165) is 18.4 Å². The van der Waals surface area contributed by atoms with E-state index in [1.54, 1.807) is 6.07 Å². The van der Waals surface area contributed by atoms with Gasteiger partial charge in [0.15, 0.2) is 0 Å². The fourth-order valence-electron chi connectivity index (χ4n) is 2.07. The average Bonchev–Trinajstić information content (AvgIpc) is 2.20.